The summed E-state index contributed by atoms with van der Waals surface area (Å²) in [5.74, 6) is 0.240. The fourth-order valence-electron chi connectivity index (χ4n) is 6.89. The highest BCUT2D eigenvalue weighted by molar-refractivity contribution is 5.90. The lowest BCUT2D eigenvalue weighted by molar-refractivity contribution is 0.477. The molecule has 0 saturated heterocycles. The number of fused-ring (bicyclic) bond motifs is 16. The largest absolute Gasteiger partial charge is 0.507 e. The molecule has 0 unspecified atom stereocenters. The van der Waals surface area contributed by atoms with Gasteiger partial charge in [-0.3, -0.25) is 0 Å². The summed E-state index contributed by atoms with van der Waals surface area (Å²) in [6.07, 6.45) is 16.1. The molecule has 6 aromatic heterocycles. The van der Waals surface area contributed by atoms with Crippen LogP contribution in [0.3, 0.4) is 0 Å². The molecule has 1 aromatic carbocycles. The zero-order chi connectivity index (χ0) is 36.7. The standard InChI is InChI=1S/C26H18N4O.C20H14N4/c31-26-4-2-1-3-23(26)24-14-22-13-20-8-7-18(28-20)11-16-5-6-17(27-16)12-19-9-10-21(29-19)15-25(24)30-22;1-2-14-10-16-5-6-18(23-16)12-20-8-7-19(24-20)11-17-4-3-15(22-17)9-13(1)21-14/h1-15,27,30-31H;1-12,21,24H. The second-order valence-corrected chi connectivity index (χ2v) is 13.5. The van der Waals surface area contributed by atoms with Gasteiger partial charge in [0.2, 0.25) is 0 Å². The lowest BCUT2D eigenvalue weighted by Gasteiger charge is -2.01. The Bertz CT molecular complexity index is 2960. The first-order valence-corrected chi connectivity index (χ1v) is 17.9. The van der Waals surface area contributed by atoms with Crippen LogP contribution in [0.4, 0.5) is 0 Å². The van der Waals surface area contributed by atoms with Crippen LogP contribution in [0.15, 0.2) is 115 Å². The molecule has 11 rings (SSSR count). The molecule has 9 heteroatoms. The number of nitrogens with zero attached hydrogens (tertiary/aromatic N) is 4. The molecule has 4 aliphatic heterocycles. The Hall–Kier alpha value is -7.78. The number of hydrogen-bond acceptors (Lipinski definition) is 5. The lowest BCUT2D eigenvalue weighted by atomic mass is 10.1. The summed E-state index contributed by atoms with van der Waals surface area (Å²) in [4.78, 5) is 32.3. The van der Waals surface area contributed by atoms with Crippen LogP contribution >= 0.6 is 0 Å². The lowest BCUT2D eigenvalue weighted by Crippen LogP contribution is -1.78. The maximum atomic E-state index is 10.4. The minimum absolute atomic E-state index is 0.240. The SMILES string of the molecule is C1=Cc2cc3ccc(cc4nc(cc5ccc(cc1n2)[nH]5)C=C4)[nH]3.Oc1ccccc1-c1cc2cc3nc(cc4ccc(cc5nc(cc1[nH]2)C=C5)[nH]4)C=C3. The molecule has 5 N–H and O–H groups in total. The van der Waals surface area contributed by atoms with E-state index in [1.165, 1.54) is 0 Å². The summed E-state index contributed by atoms with van der Waals surface area (Å²) < 4.78 is 0. The van der Waals surface area contributed by atoms with Gasteiger partial charge < -0.3 is 25.0 Å². The van der Waals surface area contributed by atoms with Gasteiger partial charge in [0.25, 0.3) is 0 Å². The highest BCUT2D eigenvalue weighted by atomic mass is 16.3. The van der Waals surface area contributed by atoms with Gasteiger partial charge in [-0.2, -0.15) is 0 Å². The number of nitrogens with one attached hydrogen (secondary N) is 4. The quantitative estimate of drug-likeness (QED) is 0.115. The Morgan fingerprint density at radius 2 is 0.636 bits per heavy atom. The maximum Gasteiger partial charge on any atom is 0.123 e. The highest BCUT2D eigenvalue weighted by Crippen LogP contribution is 2.33. The number of aromatic hydroxyl groups is 1. The van der Waals surface area contributed by atoms with E-state index >= 15 is 0 Å². The topological polar surface area (TPSA) is 135 Å². The Morgan fingerprint density at radius 1 is 0.309 bits per heavy atom. The second kappa shape index (κ2) is 13.3. The monoisotopic (exact) mass is 712 g/mol. The molecule has 0 saturated carbocycles. The summed E-state index contributed by atoms with van der Waals surface area (Å²) in [7, 11) is 0. The van der Waals surface area contributed by atoms with E-state index in [0.29, 0.717) is 0 Å². The minimum atomic E-state index is 0.240. The Balaban J connectivity index is 0.000000140. The minimum Gasteiger partial charge on any atom is -0.507 e. The summed E-state index contributed by atoms with van der Waals surface area (Å²) in [5.41, 5.74) is 16.8. The zero-order valence-corrected chi connectivity index (χ0v) is 29.3. The molecule has 0 amide bonds. The van der Waals surface area contributed by atoms with Crippen molar-refractivity contribution in [2.75, 3.05) is 0 Å². The van der Waals surface area contributed by atoms with E-state index in [9.17, 15) is 5.11 Å². The van der Waals surface area contributed by atoms with Crippen molar-refractivity contribution in [3.63, 3.8) is 0 Å². The van der Waals surface area contributed by atoms with Crippen molar-refractivity contribution < 1.29 is 5.11 Å². The van der Waals surface area contributed by atoms with Gasteiger partial charge in [0.15, 0.2) is 0 Å². The van der Waals surface area contributed by atoms with Crippen LogP contribution in [-0.2, 0) is 0 Å². The van der Waals surface area contributed by atoms with E-state index in [4.69, 9.17) is 9.97 Å². The van der Waals surface area contributed by atoms with Gasteiger partial charge in [-0.15, -0.1) is 0 Å². The molecule has 0 atom stereocenters. The van der Waals surface area contributed by atoms with E-state index in [0.717, 1.165) is 101 Å². The van der Waals surface area contributed by atoms with Crippen molar-refractivity contribution in [1.82, 2.24) is 39.9 Å². The third-order valence-corrected chi connectivity index (χ3v) is 9.40. The molecular weight excluding hydrogens is 681 g/mol. The molecule has 0 spiro atoms. The van der Waals surface area contributed by atoms with Gasteiger partial charge in [0.05, 0.1) is 45.6 Å². The first-order valence-electron chi connectivity index (χ1n) is 17.9. The van der Waals surface area contributed by atoms with Gasteiger partial charge in [-0.05, 0) is 146 Å². The second-order valence-electron chi connectivity index (χ2n) is 13.5. The van der Waals surface area contributed by atoms with E-state index < -0.39 is 0 Å². The summed E-state index contributed by atoms with van der Waals surface area (Å²) >= 11 is 0. The smallest absolute Gasteiger partial charge is 0.123 e. The Morgan fingerprint density at radius 3 is 1.00 bits per heavy atom. The Labute approximate surface area is 314 Å². The molecular formula is C46H32N8O. The first kappa shape index (κ1) is 31.9. The normalized spacial score (nSPS) is 12.5. The van der Waals surface area contributed by atoms with Crippen LogP contribution in [0.5, 0.6) is 5.75 Å². The molecule has 16 bridgehead atoms. The van der Waals surface area contributed by atoms with Crippen molar-refractivity contribution in [2.24, 2.45) is 0 Å². The van der Waals surface area contributed by atoms with Crippen molar-refractivity contribution >= 4 is 92.7 Å². The molecule has 10 heterocycles. The van der Waals surface area contributed by atoms with Crippen molar-refractivity contribution in [2.45, 2.75) is 0 Å². The van der Waals surface area contributed by atoms with Gasteiger partial charge >= 0.3 is 0 Å². The predicted molar refractivity (Wildman–Crippen MR) is 225 cm³/mol. The van der Waals surface area contributed by atoms with Crippen LogP contribution in [-0.4, -0.2) is 45.0 Å². The van der Waals surface area contributed by atoms with Gasteiger partial charge in [0, 0.05) is 55.3 Å². The number of rotatable bonds is 1. The average molecular weight is 713 g/mol. The van der Waals surface area contributed by atoms with Gasteiger partial charge in [-0.25, -0.2) is 19.9 Å². The third-order valence-electron chi connectivity index (χ3n) is 9.40. The van der Waals surface area contributed by atoms with E-state index in [-0.39, 0.29) is 5.75 Å². The average Bonchev–Trinajstić information content (AvgIpc) is 4.01. The zero-order valence-electron chi connectivity index (χ0n) is 29.3. The molecule has 262 valence electrons. The van der Waals surface area contributed by atoms with Crippen LogP contribution in [0.25, 0.3) is 104 Å². The molecule has 9 nitrogen and oxygen atoms in total. The molecule has 55 heavy (non-hydrogen) atoms. The number of aromatic amines is 4. The molecule has 7 aromatic rings. The maximum absolute atomic E-state index is 10.4. The van der Waals surface area contributed by atoms with Gasteiger partial charge in [0.1, 0.15) is 5.75 Å². The number of phenolic OH excluding ortho intramolecular Hbond substituents is 1. The first-order chi connectivity index (χ1) is 27.0. The highest BCUT2D eigenvalue weighted by Gasteiger charge is 2.10. The number of aromatic nitrogens is 8. The van der Waals surface area contributed by atoms with E-state index in [1.807, 2.05) is 134 Å². The molecule has 0 fully saturated rings. The number of para-hydroxylation sites is 1. The van der Waals surface area contributed by atoms with Crippen LogP contribution in [0.1, 0.15) is 45.6 Å². The summed E-state index contributed by atoms with van der Waals surface area (Å²) in [6.45, 7) is 0. The number of hydrogen-bond donors (Lipinski definition) is 5. The number of phenols is 1. The summed E-state index contributed by atoms with van der Waals surface area (Å²) in [6, 6.07) is 37.9. The molecule has 4 aliphatic rings. The Kier molecular flexibility index (Phi) is 7.73. The number of benzene rings is 1. The van der Waals surface area contributed by atoms with Crippen LogP contribution < -0.4 is 0 Å². The molecule has 0 radical (unpaired) electrons. The van der Waals surface area contributed by atoms with Crippen molar-refractivity contribution in [3.8, 4) is 16.9 Å². The summed E-state index contributed by atoms with van der Waals surface area (Å²) in [5, 5.41) is 10.4. The van der Waals surface area contributed by atoms with Crippen molar-refractivity contribution in [3.05, 3.63) is 161 Å². The van der Waals surface area contributed by atoms with Crippen LogP contribution in [0.2, 0.25) is 0 Å². The predicted octanol–water partition coefficient (Wildman–Crippen LogP) is 10.7. The van der Waals surface area contributed by atoms with Crippen molar-refractivity contribution in [1.29, 1.82) is 0 Å². The van der Waals surface area contributed by atoms with Gasteiger partial charge in [-0.1, -0.05) is 18.2 Å². The van der Waals surface area contributed by atoms with Crippen LogP contribution in [0, 0.1) is 0 Å². The number of H-pyrrole nitrogens is 4. The third kappa shape index (κ3) is 6.93. The van der Waals surface area contributed by atoms with E-state index in [2.05, 4.69) is 54.2 Å². The fraction of sp³-hybridized carbons (Fsp3) is 0. The fourth-order valence-corrected chi connectivity index (χ4v) is 6.89. The van der Waals surface area contributed by atoms with E-state index in [1.54, 1.807) is 6.07 Å². The molecule has 0 aliphatic carbocycles.